The molecule has 0 spiro atoms. The van der Waals surface area contributed by atoms with E-state index in [-0.39, 0.29) is 17.9 Å². The number of anilines is 1. The quantitative estimate of drug-likeness (QED) is 0.452. The zero-order valence-electron chi connectivity index (χ0n) is 21.5. The van der Waals surface area contributed by atoms with Crippen LogP contribution < -0.4 is 15.0 Å². The second-order valence-electron chi connectivity index (χ2n) is 10.9. The average molecular weight is 522 g/mol. The summed E-state index contributed by atoms with van der Waals surface area (Å²) in [5, 5.41) is 9.57. The lowest BCUT2D eigenvalue weighted by molar-refractivity contribution is -0.125. The molecule has 1 N–H and O–H groups in total. The molecule has 1 aliphatic carbocycles. The zero-order valence-corrected chi connectivity index (χ0v) is 22.3. The molecule has 3 aliphatic rings. The minimum atomic E-state index is -0.0106. The molecule has 2 aromatic carbocycles. The topological polar surface area (TPSA) is 62.6 Å². The number of amides is 1. The molecule has 2 saturated heterocycles. The van der Waals surface area contributed by atoms with E-state index in [4.69, 9.17) is 16.3 Å². The normalized spacial score (nSPS) is 21.0. The maximum atomic E-state index is 13.4. The van der Waals surface area contributed by atoms with E-state index in [1.54, 1.807) is 0 Å². The van der Waals surface area contributed by atoms with Gasteiger partial charge in [0.1, 0.15) is 5.75 Å². The van der Waals surface area contributed by atoms with Gasteiger partial charge in [0.2, 0.25) is 5.91 Å². The van der Waals surface area contributed by atoms with Crippen LogP contribution in [0.4, 0.5) is 5.69 Å². The number of ether oxygens (including phenoxy) is 1. The van der Waals surface area contributed by atoms with E-state index in [2.05, 4.69) is 44.5 Å². The molecule has 3 heterocycles. The third kappa shape index (κ3) is 5.73. The van der Waals surface area contributed by atoms with Crippen LogP contribution in [0.2, 0.25) is 5.02 Å². The standard InChI is InChI=1S/C29H36ClN5O2/c1-33-27-8-5-24(16-22(27)17-31-33)35-13-10-21(18-35)29(36)32-23(19-34-11-2-3-12-34)14-20-4-9-28(26(30)15-20)37-25-6-7-25/h4-5,8-9,15-17,21,23,25H,2-3,6-7,10-14,18-19H2,1H3,(H,32,36)/t21-,23?/m1/s1. The van der Waals surface area contributed by atoms with Crippen molar-refractivity contribution in [3.63, 3.8) is 0 Å². The zero-order chi connectivity index (χ0) is 25.4. The molecule has 2 aliphatic heterocycles. The van der Waals surface area contributed by atoms with Gasteiger partial charge in [-0.1, -0.05) is 17.7 Å². The van der Waals surface area contributed by atoms with Gasteiger partial charge in [0, 0.05) is 43.8 Å². The van der Waals surface area contributed by atoms with Gasteiger partial charge in [0.25, 0.3) is 0 Å². The van der Waals surface area contributed by atoms with Gasteiger partial charge in [-0.15, -0.1) is 0 Å². The summed E-state index contributed by atoms with van der Waals surface area (Å²) in [6.07, 6.45) is 8.54. The maximum Gasteiger partial charge on any atom is 0.225 e. The molecule has 1 unspecified atom stereocenters. The van der Waals surface area contributed by atoms with Crippen LogP contribution in [-0.4, -0.2) is 65.5 Å². The van der Waals surface area contributed by atoms with Gasteiger partial charge in [-0.25, -0.2) is 0 Å². The number of carbonyl (C=O) groups is 1. The number of nitrogens with zero attached hydrogens (tertiary/aromatic N) is 4. The molecule has 1 saturated carbocycles. The largest absolute Gasteiger partial charge is 0.489 e. The molecule has 0 radical (unpaired) electrons. The van der Waals surface area contributed by atoms with Crippen LogP contribution >= 0.6 is 11.6 Å². The number of likely N-dealkylation sites (tertiary alicyclic amines) is 1. The van der Waals surface area contributed by atoms with E-state index in [0.717, 1.165) is 86.3 Å². The summed E-state index contributed by atoms with van der Waals surface area (Å²) < 4.78 is 7.80. The number of aryl methyl sites for hydroxylation is 1. The molecule has 0 bridgehead atoms. The summed E-state index contributed by atoms with van der Waals surface area (Å²) in [5.41, 5.74) is 3.41. The number of hydrogen-bond donors (Lipinski definition) is 1. The van der Waals surface area contributed by atoms with Crippen molar-refractivity contribution in [3.05, 3.63) is 53.2 Å². The smallest absolute Gasteiger partial charge is 0.225 e. The lowest BCUT2D eigenvalue weighted by Gasteiger charge is -2.26. The molecule has 196 valence electrons. The van der Waals surface area contributed by atoms with Crippen LogP contribution in [0.15, 0.2) is 42.6 Å². The highest BCUT2D eigenvalue weighted by atomic mass is 35.5. The Kier molecular flexibility index (Phi) is 7.00. The number of carbonyl (C=O) groups excluding carboxylic acids is 1. The molecular weight excluding hydrogens is 486 g/mol. The fourth-order valence-electron chi connectivity index (χ4n) is 5.73. The van der Waals surface area contributed by atoms with Gasteiger partial charge in [-0.05, 0) is 87.5 Å². The van der Waals surface area contributed by atoms with Gasteiger partial charge >= 0.3 is 0 Å². The Balaban J connectivity index is 1.11. The van der Waals surface area contributed by atoms with E-state index >= 15 is 0 Å². The fraction of sp³-hybridized carbons (Fsp3) is 0.517. The first kappa shape index (κ1) is 24.6. The van der Waals surface area contributed by atoms with Crippen molar-refractivity contribution in [2.24, 2.45) is 13.0 Å². The molecule has 3 fully saturated rings. The van der Waals surface area contributed by atoms with Crippen molar-refractivity contribution in [1.82, 2.24) is 20.0 Å². The van der Waals surface area contributed by atoms with Crippen molar-refractivity contribution in [1.29, 1.82) is 0 Å². The Morgan fingerprint density at radius 1 is 1.14 bits per heavy atom. The number of aromatic nitrogens is 2. The highest BCUT2D eigenvalue weighted by Gasteiger charge is 2.31. The number of halogens is 1. The van der Waals surface area contributed by atoms with Crippen LogP contribution in [0.3, 0.4) is 0 Å². The first-order valence-corrected chi connectivity index (χ1v) is 14.0. The maximum absolute atomic E-state index is 13.4. The summed E-state index contributed by atoms with van der Waals surface area (Å²) in [6, 6.07) is 12.6. The lowest BCUT2D eigenvalue weighted by atomic mass is 10.0. The second-order valence-corrected chi connectivity index (χ2v) is 11.3. The fourth-order valence-corrected chi connectivity index (χ4v) is 5.98. The summed E-state index contributed by atoms with van der Waals surface area (Å²) >= 11 is 6.54. The predicted octanol–water partition coefficient (Wildman–Crippen LogP) is 4.42. The molecular formula is C29H36ClN5O2. The minimum Gasteiger partial charge on any atom is -0.489 e. The number of fused-ring (bicyclic) bond motifs is 1. The van der Waals surface area contributed by atoms with Crippen molar-refractivity contribution in [2.75, 3.05) is 37.6 Å². The van der Waals surface area contributed by atoms with E-state index < -0.39 is 0 Å². The molecule has 1 amide bonds. The Bertz CT molecular complexity index is 1270. The molecule has 8 heteroatoms. The predicted molar refractivity (Wildman–Crippen MR) is 147 cm³/mol. The van der Waals surface area contributed by atoms with E-state index in [0.29, 0.717) is 11.1 Å². The monoisotopic (exact) mass is 521 g/mol. The average Bonchev–Trinajstić information content (AvgIpc) is 3.26. The number of nitrogens with one attached hydrogen (secondary N) is 1. The first-order valence-electron chi connectivity index (χ1n) is 13.7. The highest BCUT2D eigenvalue weighted by Crippen LogP contribution is 2.33. The van der Waals surface area contributed by atoms with Gasteiger partial charge in [-0.3, -0.25) is 9.48 Å². The highest BCUT2D eigenvalue weighted by molar-refractivity contribution is 6.32. The molecule has 37 heavy (non-hydrogen) atoms. The van der Waals surface area contributed by atoms with Crippen molar-refractivity contribution in [3.8, 4) is 5.75 Å². The van der Waals surface area contributed by atoms with Gasteiger partial charge in [0.15, 0.2) is 0 Å². The minimum absolute atomic E-state index is 0.0106. The molecule has 7 nitrogen and oxygen atoms in total. The molecule has 6 rings (SSSR count). The van der Waals surface area contributed by atoms with Crippen LogP contribution in [0.1, 0.15) is 37.7 Å². The Labute approximate surface area is 223 Å². The van der Waals surface area contributed by atoms with Crippen molar-refractivity contribution in [2.45, 2.75) is 50.7 Å². The van der Waals surface area contributed by atoms with Crippen LogP contribution in [-0.2, 0) is 18.3 Å². The van der Waals surface area contributed by atoms with E-state index in [1.807, 2.05) is 30.1 Å². The number of rotatable bonds is 9. The SMILES string of the molecule is Cn1ncc2cc(N3CC[C@@H](C(=O)NC(Cc4ccc(OC5CC5)c(Cl)c4)CN4CCCC4)C3)ccc21. The lowest BCUT2D eigenvalue weighted by Crippen LogP contribution is -2.46. The number of hydrogen-bond acceptors (Lipinski definition) is 5. The molecule has 2 atom stereocenters. The summed E-state index contributed by atoms with van der Waals surface area (Å²) in [7, 11) is 1.96. The Morgan fingerprint density at radius 2 is 1.97 bits per heavy atom. The second kappa shape index (κ2) is 10.5. The van der Waals surface area contributed by atoms with Crippen molar-refractivity contribution >= 4 is 34.1 Å². The van der Waals surface area contributed by atoms with Gasteiger partial charge in [0.05, 0.1) is 28.8 Å². The van der Waals surface area contributed by atoms with Crippen molar-refractivity contribution < 1.29 is 9.53 Å². The van der Waals surface area contributed by atoms with Crippen LogP contribution in [0.5, 0.6) is 5.75 Å². The van der Waals surface area contributed by atoms with E-state index in [9.17, 15) is 4.79 Å². The number of benzene rings is 2. The first-order chi connectivity index (χ1) is 18.0. The summed E-state index contributed by atoms with van der Waals surface area (Å²) in [4.78, 5) is 18.2. The molecule has 3 aromatic rings. The van der Waals surface area contributed by atoms with Gasteiger partial charge < -0.3 is 19.9 Å². The molecule has 1 aromatic heterocycles. The van der Waals surface area contributed by atoms with Gasteiger partial charge in [-0.2, -0.15) is 5.10 Å². The summed E-state index contributed by atoms with van der Waals surface area (Å²) in [6.45, 7) is 4.72. The Morgan fingerprint density at radius 3 is 2.76 bits per heavy atom. The Hall–Kier alpha value is -2.77. The van der Waals surface area contributed by atoms with Crippen LogP contribution in [0, 0.1) is 5.92 Å². The van der Waals surface area contributed by atoms with E-state index in [1.165, 1.54) is 12.8 Å². The third-order valence-corrected chi connectivity index (χ3v) is 8.27. The van der Waals surface area contributed by atoms with Crippen LogP contribution in [0.25, 0.3) is 10.9 Å². The third-order valence-electron chi connectivity index (χ3n) is 7.97. The summed E-state index contributed by atoms with van der Waals surface area (Å²) in [5.74, 6) is 0.918.